The molecule has 13 heteroatoms. The Balaban J connectivity index is 1.55. The topological polar surface area (TPSA) is 203 Å². The van der Waals surface area contributed by atoms with Crippen LogP contribution in [-0.4, -0.2) is 82.5 Å². The lowest BCUT2D eigenvalue weighted by Gasteiger charge is -2.31. The van der Waals surface area contributed by atoms with Gasteiger partial charge in [0.25, 0.3) is 0 Å². The first kappa shape index (κ1) is 40.9. The van der Waals surface area contributed by atoms with E-state index in [0.717, 1.165) is 48.6 Å². The van der Waals surface area contributed by atoms with Crippen molar-refractivity contribution in [2.75, 3.05) is 13.1 Å². The third-order valence-electron chi connectivity index (χ3n) is 9.24. The summed E-state index contributed by atoms with van der Waals surface area (Å²) >= 11 is 0. The van der Waals surface area contributed by atoms with Crippen molar-refractivity contribution in [3.05, 3.63) is 48.0 Å². The van der Waals surface area contributed by atoms with E-state index in [4.69, 9.17) is 0 Å². The predicted molar refractivity (Wildman–Crippen MR) is 194 cm³/mol. The number of carboxylic acid groups (broad SMARTS) is 2. The van der Waals surface area contributed by atoms with Crippen LogP contribution in [-0.2, 0) is 30.4 Å². The van der Waals surface area contributed by atoms with Crippen molar-refractivity contribution >= 4 is 46.3 Å². The maximum atomic E-state index is 13.5. The molecule has 0 unspecified atom stereocenters. The van der Waals surface area contributed by atoms with Crippen molar-refractivity contribution in [1.29, 1.82) is 0 Å². The summed E-state index contributed by atoms with van der Waals surface area (Å²) in [7, 11) is 0. The number of hydrogen-bond donors (Lipinski definition) is 7. The molecule has 2 aromatic carbocycles. The molecular weight excluding hydrogens is 654 g/mol. The SMILES string of the molecule is CC(=O)CC[C@H](NC(=O)N[C@@H](CCCCNC(=O)[C@H](Cc1ccc2ccccc2c1)NC(=O)C1CCC(CNC(C)(C)C)CC1)C(=O)O)C(=O)O. The fraction of sp³-hybridized carbons (Fsp3) is 0.579. The summed E-state index contributed by atoms with van der Waals surface area (Å²) in [6, 6.07) is 9.50. The first-order valence-corrected chi connectivity index (χ1v) is 17.9. The molecule has 4 amide bonds. The van der Waals surface area contributed by atoms with Gasteiger partial charge < -0.3 is 41.6 Å². The molecule has 0 aromatic heterocycles. The molecule has 0 radical (unpaired) electrons. The van der Waals surface area contributed by atoms with Crippen molar-refractivity contribution < 1.29 is 39.0 Å². The standard InChI is InChI=1S/C38H55N5O8/c1-24(44)12-19-31(36(49)50)43-37(51)42-30(35(47)48)11-7-8-20-39-34(46)32(22-26-15-16-27-9-5-6-10-29(27)21-26)41-33(45)28-17-13-25(14-18-28)23-40-38(2,3)4/h5-6,9-10,15-16,21,25,28,30-32,40H,7-8,11-14,17-20,22-23H2,1-4H3,(H,39,46)(H,41,45)(H,47,48)(H,49,50)(H2,42,43,51)/t25?,28?,30-,31-,32-/m0/s1. The second kappa shape index (κ2) is 19.8. The van der Waals surface area contributed by atoms with Crippen molar-refractivity contribution in [3.63, 3.8) is 0 Å². The van der Waals surface area contributed by atoms with Crippen LogP contribution in [0.2, 0.25) is 0 Å². The monoisotopic (exact) mass is 709 g/mol. The Bertz CT molecular complexity index is 1520. The highest BCUT2D eigenvalue weighted by molar-refractivity contribution is 5.89. The summed E-state index contributed by atoms with van der Waals surface area (Å²) < 4.78 is 0. The van der Waals surface area contributed by atoms with Gasteiger partial charge in [-0.15, -0.1) is 0 Å². The van der Waals surface area contributed by atoms with Gasteiger partial charge in [-0.3, -0.25) is 9.59 Å². The van der Waals surface area contributed by atoms with Gasteiger partial charge in [0.2, 0.25) is 11.8 Å². The number of fused-ring (bicyclic) bond motifs is 1. The lowest BCUT2D eigenvalue weighted by Crippen LogP contribution is -2.51. The Kier molecular flexibility index (Phi) is 15.8. The molecule has 7 N–H and O–H groups in total. The minimum Gasteiger partial charge on any atom is -0.480 e. The fourth-order valence-electron chi connectivity index (χ4n) is 6.21. The third-order valence-corrected chi connectivity index (χ3v) is 9.24. The molecule has 2 aromatic rings. The van der Waals surface area contributed by atoms with Gasteiger partial charge in [-0.2, -0.15) is 0 Å². The van der Waals surface area contributed by atoms with E-state index in [1.807, 2.05) is 42.5 Å². The Hall–Kier alpha value is -4.52. The van der Waals surface area contributed by atoms with E-state index >= 15 is 0 Å². The number of carbonyl (C=O) groups is 6. The van der Waals surface area contributed by atoms with Gasteiger partial charge in [0.1, 0.15) is 23.9 Å². The molecule has 1 fully saturated rings. The molecule has 3 rings (SSSR count). The summed E-state index contributed by atoms with van der Waals surface area (Å²) in [6.45, 7) is 8.86. The summed E-state index contributed by atoms with van der Waals surface area (Å²) in [5.74, 6) is -2.97. The van der Waals surface area contributed by atoms with Gasteiger partial charge >= 0.3 is 18.0 Å². The molecule has 0 aliphatic heterocycles. The zero-order valence-corrected chi connectivity index (χ0v) is 30.3. The van der Waals surface area contributed by atoms with Crippen LogP contribution in [0.3, 0.4) is 0 Å². The molecular formula is C38H55N5O8. The maximum absolute atomic E-state index is 13.5. The molecule has 1 saturated carbocycles. The number of hydrogen-bond acceptors (Lipinski definition) is 7. The number of Topliss-reactive ketones (excluding diaryl/α,β-unsaturated/α-hetero) is 1. The van der Waals surface area contributed by atoms with Crippen LogP contribution in [0, 0.1) is 11.8 Å². The van der Waals surface area contributed by atoms with Gasteiger partial charge in [0, 0.05) is 30.8 Å². The Morgan fingerprint density at radius 1 is 0.784 bits per heavy atom. The number of carbonyl (C=O) groups excluding carboxylic acids is 4. The molecule has 13 nitrogen and oxygen atoms in total. The highest BCUT2D eigenvalue weighted by Crippen LogP contribution is 2.29. The number of benzene rings is 2. The van der Waals surface area contributed by atoms with E-state index in [0.29, 0.717) is 25.2 Å². The Labute approximate surface area is 300 Å². The minimum atomic E-state index is -1.34. The van der Waals surface area contributed by atoms with E-state index in [-0.39, 0.29) is 54.9 Å². The van der Waals surface area contributed by atoms with Crippen molar-refractivity contribution in [3.8, 4) is 0 Å². The largest absolute Gasteiger partial charge is 0.480 e. The molecule has 280 valence electrons. The summed E-state index contributed by atoms with van der Waals surface area (Å²) in [6.07, 6.45) is 4.32. The molecule has 0 saturated heterocycles. The smallest absolute Gasteiger partial charge is 0.326 e. The van der Waals surface area contributed by atoms with E-state index in [9.17, 15) is 39.0 Å². The van der Waals surface area contributed by atoms with E-state index in [1.165, 1.54) is 6.92 Å². The van der Waals surface area contributed by atoms with Crippen molar-refractivity contribution in [2.24, 2.45) is 11.8 Å². The zero-order chi connectivity index (χ0) is 37.6. The lowest BCUT2D eigenvalue weighted by molar-refractivity contribution is -0.139. The minimum absolute atomic E-state index is 0.0362. The zero-order valence-electron chi connectivity index (χ0n) is 30.3. The van der Waals surface area contributed by atoms with Crippen LogP contribution in [0.5, 0.6) is 0 Å². The number of ketones is 1. The quantitative estimate of drug-likeness (QED) is 0.106. The summed E-state index contributed by atoms with van der Waals surface area (Å²) in [5.41, 5.74) is 0.945. The van der Waals surface area contributed by atoms with Gasteiger partial charge in [-0.25, -0.2) is 14.4 Å². The number of nitrogens with one attached hydrogen (secondary N) is 5. The Morgan fingerprint density at radius 3 is 2.02 bits per heavy atom. The Morgan fingerprint density at radius 2 is 1.41 bits per heavy atom. The van der Waals surface area contributed by atoms with Crippen LogP contribution in [0.15, 0.2) is 42.5 Å². The van der Waals surface area contributed by atoms with Gasteiger partial charge in [0.05, 0.1) is 0 Å². The molecule has 51 heavy (non-hydrogen) atoms. The molecule has 0 heterocycles. The molecule has 0 bridgehead atoms. The number of unbranched alkanes of at least 4 members (excludes halogenated alkanes) is 1. The highest BCUT2D eigenvalue weighted by Gasteiger charge is 2.30. The third kappa shape index (κ3) is 14.7. The maximum Gasteiger partial charge on any atom is 0.326 e. The second-order valence-electron chi connectivity index (χ2n) is 14.7. The first-order chi connectivity index (χ1) is 24.1. The highest BCUT2D eigenvalue weighted by atomic mass is 16.4. The van der Waals surface area contributed by atoms with E-state index in [2.05, 4.69) is 47.4 Å². The van der Waals surface area contributed by atoms with Crippen LogP contribution in [0.25, 0.3) is 10.8 Å². The normalized spacial score (nSPS) is 17.8. The number of aliphatic carboxylic acids is 2. The van der Waals surface area contributed by atoms with Crippen LogP contribution in [0.1, 0.15) is 91.0 Å². The number of carboxylic acids is 2. The number of rotatable bonds is 19. The van der Waals surface area contributed by atoms with Crippen LogP contribution < -0.4 is 26.6 Å². The average Bonchev–Trinajstić information content (AvgIpc) is 3.07. The van der Waals surface area contributed by atoms with E-state index < -0.39 is 36.1 Å². The number of urea groups is 1. The second-order valence-corrected chi connectivity index (χ2v) is 14.7. The molecule has 1 aliphatic carbocycles. The summed E-state index contributed by atoms with van der Waals surface area (Å²) in [5, 5.41) is 35.0. The lowest BCUT2D eigenvalue weighted by atomic mass is 9.81. The van der Waals surface area contributed by atoms with Gasteiger partial charge in [-0.05, 0) is 108 Å². The van der Waals surface area contributed by atoms with Crippen molar-refractivity contribution in [1.82, 2.24) is 26.6 Å². The predicted octanol–water partition coefficient (Wildman–Crippen LogP) is 3.92. The van der Waals surface area contributed by atoms with Crippen LogP contribution in [0.4, 0.5) is 4.79 Å². The first-order valence-electron chi connectivity index (χ1n) is 17.9. The summed E-state index contributed by atoms with van der Waals surface area (Å²) in [4.78, 5) is 73.8. The number of amides is 4. The van der Waals surface area contributed by atoms with Gasteiger partial charge in [-0.1, -0.05) is 42.5 Å². The fourth-order valence-corrected chi connectivity index (χ4v) is 6.21. The average molecular weight is 710 g/mol. The van der Waals surface area contributed by atoms with Crippen molar-refractivity contribution in [2.45, 2.75) is 116 Å². The van der Waals surface area contributed by atoms with Crippen LogP contribution >= 0.6 is 0 Å². The molecule has 0 spiro atoms. The molecule has 3 atom stereocenters. The molecule has 1 aliphatic rings. The van der Waals surface area contributed by atoms with E-state index in [1.54, 1.807) is 0 Å². The van der Waals surface area contributed by atoms with Gasteiger partial charge in [0.15, 0.2) is 0 Å².